The van der Waals surface area contributed by atoms with E-state index in [1.165, 1.54) is 6.92 Å². The fourth-order valence-corrected chi connectivity index (χ4v) is 2.34. The van der Waals surface area contributed by atoms with Crippen LogP contribution in [0.5, 0.6) is 0 Å². The normalized spacial score (nSPS) is 12.5. The predicted octanol–water partition coefficient (Wildman–Crippen LogP) is 1.67. The highest BCUT2D eigenvalue weighted by molar-refractivity contribution is 7.90. The van der Waals surface area contributed by atoms with Crippen molar-refractivity contribution in [3.8, 4) is 0 Å². The third kappa shape index (κ3) is 9.72. The van der Waals surface area contributed by atoms with E-state index in [-0.39, 0.29) is 11.2 Å². The van der Waals surface area contributed by atoms with Crippen molar-refractivity contribution in [2.75, 3.05) is 5.75 Å². The Morgan fingerprint density at radius 3 is 2.13 bits per heavy atom. The first-order chi connectivity index (χ1) is 6.62. The first kappa shape index (κ1) is 14.4. The zero-order valence-electron chi connectivity index (χ0n) is 9.96. The van der Waals surface area contributed by atoms with Crippen LogP contribution in [-0.2, 0) is 14.8 Å². The number of hydrogen-bond donors (Lipinski definition) is 1. The van der Waals surface area contributed by atoms with Gasteiger partial charge in [0.15, 0.2) is 0 Å². The molecule has 4 nitrogen and oxygen atoms in total. The van der Waals surface area contributed by atoms with Gasteiger partial charge in [-0.15, -0.1) is 0 Å². The largest absolute Gasteiger partial charge is 0.274 e. The summed E-state index contributed by atoms with van der Waals surface area (Å²) in [4.78, 5) is 10.6. The molecular weight excluding hydrogens is 214 g/mol. The summed E-state index contributed by atoms with van der Waals surface area (Å²) in [7, 11) is -3.40. The van der Waals surface area contributed by atoms with Gasteiger partial charge in [0.05, 0.1) is 5.75 Å². The van der Waals surface area contributed by atoms with E-state index in [0.717, 1.165) is 12.8 Å². The minimum absolute atomic E-state index is 0.0304. The molecule has 0 saturated heterocycles. The van der Waals surface area contributed by atoms with Crippen molar-refractivity contribution >= 4 is 15.9 Å². The van der Waals surface area contributed by atoms with Crippen molar-refractivity contribution in [2.24, 2.45) is 5.41 Å². The monoisotopic (exact) mass is 235 g/mol. The summed E-state index contributed by atoms with van der Waals surface area (Å²) in [6.07, 6.45) is 2.45. The van der Waals surface area contributed by atoms with Crippen LogP contribution in [0, 0.1) is 5.41 Å². The molecule has 0 fully saturated rings. The van der Waals surface area contributed by atoms with Crippen LogP contribution in [0.3, 0.4) is 0 Å². The van der Waals surface area contributed by atoms with Gasteiger partial charge in [0.25, 0.3) is 0 Å². The van der Waals surface area contributed by atoms with Gasteiger partial charge in [-0.25, -0.2) is 8.42 Å². The van der Waals surface area contributed by atoms with Gasteiger partial charge < -0.3 is 0 Å². The van der Waals surface area contributed by atoms with Gasteiger partial charge in [0.1, 0.15) is 0 Å². The molecule has 90 valence electrons. The third-order valence-corrected chi connectivity index (χ3v) is 3.31. The lowest BCUT2D eigenvalue weighted by atomic mass is 9.90. The van der Waals surface area contributed by atoms with Crippen molar-refractivity contribution in [3.05, 3.63) is 0 Å². The van der Waals surface area contributed by atoms with Crippen LogP contribution in [0.2, 0.25) is 0 Å². The molecule has 0 aromatic heterocycles. The van der Waals surface area contributed by atoms with E-state index in [0.29, 0.717) is 6.42 Å². The van der Waals surface area contributed by atoms with Gasteiger partial charge in [0, 0.05) is 6.92 Å². The summed E-state index contributed by atoms with van der Waals surface area (Å²) >= 11 is 0. The number of unbranched alkanes of at least 4 members (excludes halogenated alkanes) is 1. The molecule has 0 saturated carbocycles. The molecule has 0 heterocycles. The van der Waals surface area contributed by atoms with Gasteiger partial charge in [-0.3, -0.25) is 9.52 Å². The standard InChI is InChI=1S/C10H21NO3S/c1-9(12)11-15(13,14)8-6-5-7-10(2,3)4/h5-8H2,1-4H3,(H,11,12). The fourth-order valence-electron chi connectivity index (χ4n) is 1.22. The molecule has 0 unspecified atom stereocenters. The van der Waals surface area contributed by atoms with Gasteiger partial charge in [-0.1, -0.05) is 27.2 Å². The Kier molecular flexibility index (Phi) is 5.28. The number of hydrogen-bond acceptors (Lipinski definition) is 3. The second-order valence-corrected chi connectivity index (χ2v) is 6.84. The van der Waals surface area contributed by atoms with E-state index in [1.54, 1.807) is 0 Å². The lowest BCUT2D eigenvalue weighted by Gasteiger charge is -2.17. The van der Waals surface area contributed by atoms with Crippen LogP contribution in [0.25, 0.3) is 0 Å². The zero-order valence-corrected chi connectivity index (χ0v) is 10.8. The SMILES string of the molecule is CC(=O)NS(=O)(=O)CCCCC(C)(C)C. The lowest BCUT2D eigenvalue weighted by molar-refractivity contribution is -0.117. The van der Waals surface area contributed by atoms with E-state index in [1.807, 2.05) is 4.72 Å². The first-order valence-corrected chi connectivity index (χ1v) is 6.79. The van der Waals surface area contributed by atoms with Gasteiger partial charge in [-0.05, 0) is 18.3 Å². The van der Waals surface area contributed by atoms with Crippen molar-refractivity contribution in [1.82, 2.24) is 4.72 Å². The molecule has 0 rings (SSSR count). The minimum atomic E-state index is -3.40. The van der Waals surface area contributed by atoms with Crippen molar-refractivity contribution in [3.63, 3.8) is 0 Å². The number of carbonyl (C=O) groups excluding carboxylic acids is 1. The Bertz CT molecular complexity index is 301. The number of rotatable bonds is 5. The second-order valence-electron chi connectivity index (χ2n) is 4.99. The Hall–Kier alpha value is -0.580. The average molecular weight is 235 g/mol. The molecule has 0 aromatic carbocycles. The fraction of sp³-hybridized carbons (Fsp3) is 0.900. The average Bonchev–Trinajstić information content (AvgIpc) is 1.93. The van der Waals surface area contributed by atoms with Crippen LogP contribution >= 0.6 is 0 Å². The maximum Gasteiger partial charge on any atom is 0.234 e. The molecule has 0 aliphatic heterocycles. The minimum Gasteiger partial charge on any atom is -0.274 e. The smallest absolute Gasteiger partial charge is 0.234 e. The number of amides is 1. The molecule has 1 N–H and O–H groups in total. The molecule has 5 heteroatoms. The summed E-state index contributed by atoms with van der Waals surface area (Å²) in [6.45, 7) is 7.56. The quantitative estimate of drug-likeness (QED) is 0.737. The number of carbonyl (C=O) groups is 1. The number of sulfonamides is 1. The molecule has 0 bridgehead atoms. The molecule has 0 spiro atoms. The highest BCUT2D eigenvalue weighted by Gasteiger charge is 2.13. The first-order valence-electron chi connectivity index (χ1n) is 5.13. The Morgan fingerprint density at radius 1 is 1.20 bits per heavy atom. The maximum absolute atomic E-state index is 11.2. The Labute approximate surface area is 92.5 Å². The maximum atomic E-state index is 11.2. The predicted molar refractivity (Wildman–Crippen MR) is 60.9 cm³/mol. The molecule has 0 aliphatic carbocycles. The van der Waals surface area contributed by atoms with E-state index >= 15 is 0 Å². The van der Waals surface area contributed by atoms with Crippen molar-refractivity contribution in [2.45, 2.75) is 47.0 Å². The summed E-state index contributed by atoms with van der Waals surface area (Å²) in [5.74, 6) is -0.492. The molecule has 0 aliphatic rings. The highest BCUT2D eigenvalue weighted by Crippen LogP contribution is 2.21. The molecule has 0 atom stereocenters. The summed E-state index contributed by atoms with van der Waals surface area (Å²) in [5.41, 5.74) is 0.234. The number of nitrogens with one attached hydrogen (secondary N) is 1. The van der Waals surface area contributed by atoms with Crippen LogP contribution in [0.15, 0.2) is 0 Å². The van der Waals surface area contributed by atoms with Crippen LogP contribution < -0.4 is 4.72 Å². The van der Waals surface area contributed by atoms with Crippen molar-refractivity contribution in [1.29, 1.82) is 0 Å². The van der Waals surface area contributed by atoms with Crippen molar-refractivity contribution < 1.29 is 13.2 Å². The summed E-state index contributed by atoms with van der Waals surface area (Å²) in [5, 5.41) is 0. The summed E-state index contributed by atoms with van der Waals surface area (Å²) < 4.78 is 24.4. The Balaban J connectivity index is 3.82. The molecular formula is C10H21NO3S. The highest BCUT2D eigenvalue weighted by atomic mass is 32.2. The van der Waals surface area contributed by atoms with E-state index in [4.69, 9.17) is 0 Å². The summed E-state index contributed by atoms with van der Waals surface area (Å²) in [6, 6.07) is 0. The van der Waals surface area contributed by atoms with Crippen LogP contribution in [0.1, 0.15) is 47.0 Å². The van der Waals surface area contributed by atoms with E-state index in [9.17, 15) is 13.2 Å². The molecule has 15 heavy (non-hydrogen) atoms. The zero-order chi connectivity index (χ0) is 12.1. The second kappa shape index (κ2) is 5.49. The third-order valence-electron chi connectivity index (χ3n) is 1.89. The molecule has 0 aromatic rings. The van der Waals surface area contributed by atoms with E-state index in [2.05, 4.69) is 20.8 Å². The van der Waals surface area contributed by atoms with Crippen LogP contribution in [0.4, 0.5) is 0 Å². The Morgan fingerprint density at radius 2 is 1.73 bits per heavy atom. The van der Waals surface area contributed by atoms with Gasteiger partial charge in [-0.2, -0.15) is 0 Å². The molecule has 1 amide bonds. The topological polar surface area (TPSA) is 63.2 Å². The van der Waals surface area contributed by atoms with Gasteiger partial charge in [0.2, 0.25) is 15.9 Å². The molecule has 0 radical (unpaired) electrons. The van der Waals surface area contributed by atoms with E-state index < -0.39 is 15.9 Å². The van der Waals surface area contributed by atoms with Crippen LogP contribution in [-0.4, -0.2) is 20.1 Å². The lowest BCUT2D eigenvalue weighted by Crippen LogP contribution is -2.30. The van der Waals surface area contributed by atoms with Gasteiger partial charge >= 0.3 is 0 Å².